The maximum absolute atomic E-state index is 11.0. The molecule has 2 N–H and O–H groups in total. The topological polar surface area (TPSA) is 83.6 Å². The second-order valence-corrected chi connectivity index (χ2v) is 2.78. The summed E-state index contributed by atoms with van der Waals surface area (Å²) >= 11 is 5.34. The Hall–Kier alpha value is -1.69. The van der Waals surface area contributed by atoms with E-state index >= 15 is 0 Å². The molecular formula is C7H6ClN5O. The standard InChI is InChI=1S/C7H6ClN5O/c8-3-4(14)11-7-5-6(12-13-7)10-2-1-9-5/h1-2H,3H2,(H2,10,11,12,13,14). The Labute approximate surface area is 83.7 Å². The van der Waals surface area contributed by atoms with E-state index in [1.165, 1.54) is 12.4 Å². The highest BCUT2D eigenvalue weighted by atomic mass is 35.5. The van der Waals surface area contributed by atoms with Crippen LogP contribution in [0.25, 0.3) is 11.2 Å². The summed E-state index contributed by atoms with van der Waals surface area (Å²) in [6, 6.07) is 0. The number of aromatic nitrogens is 4. The summed E-state index contributed by atoms with van der Waals surface area (Å²) in [6.45, 7) is 0. The third-order valence-electron chi connectivity index (χ3n) is 1.58. The molecule has 0 aliphatic rings. The number of hydrogen-bond donors (Lipinski definition) is 2. The molecule has 0 aliphatic carbocycles. The van der Waals surface area contributed by atoms with E-state index in [2.05, 4.69) is 25.5 Å². The van der Waals surface area contributed by atoms with Crippen LogP contribution in [0.3, 0.4) is 0 Å². The largest absolute Gasteiger partial charge is 0.308 e. The lowest BCUT2D eigenvalue weighted by molar-refractivity contribution is -0.113. The van der Waals surface area contributed by atoms with Gasteiger partial charge in [0.2, 0.25) is 11.6 Å². The molecule has 2 heterocycles. The molecule has 72 valence electrons. The van der Waals surface area contributed by atoms with E-state index in [9.17, 15) is 4.79 Å². The van der Waals surface area contributed by atoms with Gasteiger partial charge in [0.05, 0.1) is 0 Å². The molecule has 0 atom stereocenters. The van der Waals surface area contributed by atoms with E-state index in [4.69, 9.17) is 11.6 Å². The number of nitrogens with zero attached hydrogens (tertiary/aromatic N) is 3. The number of alkyl halides is 1. The fraction of sp³-hybridized carbons (Fsp3) is 0.143. The van der Waals surface area contributed by atoms with Crippen LogP contribution in [0, 0.1) is 0 Å². The predicted molar refractivity (Wildman–Crippen MR) is 51.0 cm³/mol. The van der Waals surface area contributed by atoms with Crippen molar-refractivity contribution in [2.75, 3.05) is 11.2 Å². The van der Waals surface area contributed by atoms with E-state index in [1.807, 2.05) is 0 Å². The van der Waals surface area contributed by atoms with Crippen LogP contribution in [0.1, 0.15) is 0 Å². The Morgan fingerprint density at radius 3 is 3.07 bits per heavy atom. The lowest BCUT2D eigenvalue weighted by Gasteiger charge is -1.97. The van der Waals surface area contributed by atoms with Gasteiger partial charge < -0.3 is 5.32 Å². The van der Waals surface area contributed by atoms with Crippen LogP contribution < -0.4 is 5.32 Å². The molecule has 0 saturated carbocycles. The first-order chi connectivity index (χ1) is 6.81. The Balaban J connectivity index is 2.38. The number of aromatic amines is 1. The predicted octanol–water partition coefficient (Wildman–Crippen LogP) is 0.530. The van der Waals surface area contributed by atoms with Crippen molar-refractivity contribution in [3.63, 3.8) is 0 Å². The highest BCUT2D eigenvalue weighted by Gasteiger charge is 2.08. The average Bonchev–Trinajstić information content (AvgIpc) is 2.62. The van der Waals surface area contributed by atoms with Crippen molar-refractivity contribution in [1.82, 2.24) is 20.2 Å². The summed E-state index contributed by atoms with van der Waals surface area (Å²) in [5.41, 5.74) is 0.975. The van der Waals surface area contributed by atoms with E-state index in [1.54, 1.807) is 0 Å². The van der Waals surface area contributed by atoms with E-state index in [-0.39, 0.29) is 11.8 Å². The number of hydrogen-bond acceptors (Lipinski definition) is 4. The maximum atomic E-state index is 11.0. The molecule has 6 nitrogen and oxygen atoms in total. The van der Waals surface area contributed by atoms with Crippen LogP contribution in [0.2, 0.25) is 0 Å². The Morgan fingerprint density at radius 2 is 2.29 bits per heavy atom. The highest BCUT2D eigenvalue weighted by Crippen LogP contribution is 2.14. The molecule has 2 rings (SSSR count). The van der Waals surface area contributed by atoms with Gasteiger partial charge in [-0.25, -0.2) is 9.97 Å². The zero-order chi connectivity index (χ0) is 9.97. The van der Waals surface area contributed by atoms with Gasteiger partial charge in [-0.3, -0.25) is 9.89 Å². The van der Waals surface area contributed by atoms with Crippen LogP contribution in [-0.2, 0) is 4.79 Å². The van der Waals surface area contributed by atoms with Crippen LogP contribution in [-0.4, -0.2) is 32.0 Å². The number of rotatable bonds is 2. The van der Waals surface area contributed by atoms with Gasteiger partial charge in [0.25, 0.3) is 0 Å². The fourth-order valence-electron chi connectivity index (χ4n) is 1.01. The SMILES string of the molecule is O=C(CCl)Nc1[nH]nc2nccnc12. The van der Waals surface area contributed by atoms with Crippen molar-refractivity contribution in [3.8, 4) is 0 Å². The molecule has 1 amide bonds. The second kappa shape index (κ2) is 3.59. The molecule has 2 aromatic heterocycles. The van der Waals surface area contributed by atoms with E-state index in [0.29, 0.717) is 17.0 Å². The first kappa shape index (κ1) is 8.89. The van der Waals surface area contributed by atoms with Crippen molar-refractivity contribution >= 4 is 34.5 Å². The summed E-state index contributed by atoms with van der Waals surface area (Å²) in [6.07, 6.45) is 3.05. The van der Waals surface area contributed by atoms with Crippen LogP contribution in [0.4, 0.5) is 5.82 Å². The highest BCUT2D eigenvalue weighted by molar-refractivity contribution is 6.29. The van der Waals surface area contributed by atoms with Gasteiger partial charge in [0, 0.05) is 12.4 Å². The van der Waals surface area contributed by atoms with Crippen molar-refractivity contribution in [3.05, 3.63) is 12.4 Å². The second-order valence-electron chi connectivity index (χ2n) is 2.51. The molecule has 0 fully saturated rings. The lowest BCUT2D eigenvalue weighted by Crippen LogP contribution is -2.13. The molecule has 7 heteroatoms. The molecular weight excluding hydrogens is 206 g/mol. The van der Waals surface area contributed by atoms with Gasteiger partial charge in [0.15, 0.2) is 11.3 Å². The fourth-order valence-corrected chi connectivity index (χ4v) is 1.08. The number of fused-ring (bicyclic) bond motifs is 1. The zero-order valence-corrected chi connectivity index (χ0v) is 7.75. The number of carbonyl (C=O) groups excluding carboxylic acids is 1. The van der Waals surface area contributed by atoms with Gasteiger partial charge in [-0.05, 0) is 0 Å². The smallest absolute Gasteiger partial charge is 0.240 e. The van der Waals surface area contributed by atoms with Crippen molar-refractivity contribution < 1.29 is 4.79 Å². The number of H-pyrrole nitrogens is 1. The molecule has 0 aliphatic heterocycles. The third-order valence-corrected chi connectivity index (χ3v) is 1.82. The van der Waals surface area contributed by atoms with Crippen molar-refractivity contribution in [1.29, 1.82) is 0 Å². The summed E-state index contributed by atoms with van der Waals surface area (Å²) < 4.78 is 0. The minimum Gasteiger partial charge on any atom is -0.308 e. The van der Waals surface area contributed by atoms with Crippen molar-refractivity contribution in [2.45, 2.75) is 0 Å². The quantitative estimate of drug-likeness (QED) is 0.710. The zero-order valence-electron chi connectivity index (χ0n) is 6.99. The molecule has 0 spiro atoms. The summed E-state index contributed by atoms with van der Waals surface area (Å²) in [7, 11) is 0. The molecule has 0 bridgehead atoms. The van der Waals surface area contributed by atoms with Gasteiger partial charge in [-0.1, -0.05) is 0 Å². The van der Waals surface area contributed by atoms with E-state index < -0.39 is 0 Å². The molecule has 0 unspecified atom stereocenters. The molecule has 14 heavy (non-hydrogen) atoms. The third kappa shape index (κ3) is 1.51. The number of amides is 1. The number of nitrogens with one attached hydrogen (secondary N) is 2. The summed E-state index contributed by atoms with van der Waals surface area (Å²) in [5, 5.41) is 8.99. The van der Waals surface area contributed by atoms with Gasteiger partial charge in [-0.2, -0.15) is 5.10 Å². The Kier molecular flexibility index (Phi) is 2.28. The summed E-state index contributed by atoms with van der Waals surface area (Å²) in [5.74, 6) is -0.0116. The molecule has 0 saturated heterocycles. The Morgan fingerprint density at radius 1 is 1.50 bits per heavy atom. The summed E-state index contributed by atoms with van der Waals surface area (Å²) in [4.78, 5) is 18.9. The molecule has 0 radical (unpaired) electrons. The number of anilines is 1. The first-order valence-electron chi connectivity index (χ1n) is 3.82. The lowest BCUT2D eigenvalue weighted by atomic mass is 10.5. The molecule has 0 aromatic carbocycles. The number of carbonyl (C=O) groups is 1. The van der Waals surface area contributed by atoms with Crippen LogP contribution in [0.5, 0.6) is 0 Å². The van der Waals surface area contributed by atoms with Crippen molar-refractivity contribution in [2.24, 2.45) is 0 Å². The number of halogens is 1. The Bertz CT molecular complexity index is 468. The van der Waals surface area contributed by atoms with Gasteiger partial charge >= 0.3 is 0 Å². The van der Waals surface area contributed by atoms with Gasteiger partial charge in [0.1, 0.15) is 5.88 Å². The normalized spacial score (nSPS) is 10.4. The monoisotopic (exact) mass is 211 g/mol. The first-order valence-corrected chi connectivity index (χ1v) is 4.35. The average molecular weight is 212 g/mol. The molecule has 2 aromatic rings. The minimum atomic E-state index is -0.317. The van der Waals surface area contributed by atoms with Crippen LogP contribution in [0.15, 0.2) is 12.4 Å². The van der Waals surface area contributed by atoms with Gasteiger partial charge in [-0.15, -0.1) is 11.6 Å². The van der Waals surface area contributed by atoms with Crippen LogP contribution >= 0.6 is 11.6 Å². The van der Waals surface area contributed by atoms with E-state index in [0.717, 1.165) is 0 Å². The maximum Gasteiger partial charge on any atom is 0.240 e. The minimum absolute atomic E-state index is 0.110.